The van der Waals surface area contributed by atoms with E-state index in [1.165, 1.54) is 11.3 Å². The average molecular weight is 603 g/mol. The number of para-hydroxylation sites is 1. The zero-order valence-electron chi connectivity index (χ0n) is 23.8. The number of carbonyl (C=O) groups excluding carboxylic acids is 1. The number of thiazole rings is 1. The maximum atomic E-state index is 14.0. The Hall–Kier alpha value is -4.14. The van der Waals surface area contributed by atoms with Crippen LogP contribution in [0.5, 0.6) is 11.5 Å². The second kappa shape index (κ2) is 12.8. The summed E-state index contributed by atoms with van der Waals surface area (Å²) in [6.45, 7) is 8.01. The predicted octanol–water partition coefficient (Wildman–Crippen LogP) is 5.82. The van der Waals surface area contributed by atoms with E-state index in [2.05, 4.69) is 4.99 Å². The van der Waals surface area contributed by atoms with Gasteiger partial charge < -0.3 is 14.2 Å². The van der Waals surface area contributed by atoms with Gasteiger partial charge in [-0.3, -0.25) is 9.36 Å². The summed E-state index contributed by atoms with van der Waals surface area (Å²) >= 11 is 7.24. The highest BCUT2D eigenvalue weighted by atomic mass is 35.5. The quantitative estimate of drug-likeness (QED) is 0.226. The molecule has 0 aliphatic carbocycles. The maximum Gasteiger partial charge on any atom is 0.338 e. The molecule has 0 spiro atoms. The molecule has 42 heavy (non-hydrogen) atoms. The molecule has 7 nitrogen and oxygen atoms in total. The molecule has 0 saturated heterocycles. The van der Waals surface area contributed by atoms with Crippen LogP contribution in [0.15, 0.2) is 93.9 Å². The van der Waals surface area contributed by atoms with E-state index in [9.17, 15) is 9.59 Å². The summed E-state index contributed by atoms with van der Waals surface area (Å²) in [4.78, 5) is 32.3. The number of allylic oxidation sites excluding steroid dienone is 1. The molecule has 3 aromatic carbocycles. The van der Waals surface area contributed by atoms with E-state index in [4.69, 9.17) is 25.8 Å². The summed E-state index contributed by atoms with van der Waals surface area (Å²) in [7, 11) is 0. The van der Waals surface area contributed by atoms with E-state index in [1.807, 2.05) is 92.7 Å². The van der Waals surface area contributed by atoms with Gasteiger partial charge in [0.25, 0.3) is 5.56 Å². The number of rotatable bonds is 9. The van der Waals surface area contributed by atoms with Crippen LogP contribution in [0, 0.1) is 0 Å². The molecule has 1 atom stereocenters. The molecular formula is C33H31ClN2O5S. The summed E-state index contributed by atoms with van der Waals surface area (Å²) in [5.41, 5.74) is 3.11. The first-order chi connectivity index (χ1) is 20.2. The van der Waals surface area contributed by atoms with Crippen molar-refractivity contribution in [2.24, 2.45) is 4.99 Å². The molecule has 0 amide bonds. The second-order valence-electron chi connectivity index (χ2n) is 9.99. The molecule has 0 N–H and O–H groups in total. The largest absolute Gasteiger partial charge is 0.491 e. The van der Waals surface area contributed by atoms with Gasteiger partial charge in [-0.1, -0.05) is 65.4 Å². The zero-order chi connectivity index (χ0) is 29.8. The highest BCUT2D eigenvalue weighted by Crippen LogP contribution is 2.36. The van der Waals surface area contributed by atoms with Crippen LogP contribution in [0.4, 0.5) is 0 Å². The number of fused-ring (bicyclic) bond motifs is 1. The molecule has 1 aromatic heterocycles. The number of hydrogen-bond donors (Lipinski definition) is 0. The van der Waals surface area contributed by atoms with Gasteiger partial charge in [0.15, 0.2) is 4.80 Å². The zero-order valence-corrected chi connectivity index (χ0v) is 25.4. The number of ether oxygens (including phenoxy) is 3. The van der Waals surface area contributed by atoms with Gasteiger partial charge in [-0.2, -0.15) is 0 Å². The Kier molecular flexibility index (Phi) is 8.94. The predicted molar refractivity (Wildman–Crippen MR) is 165 cm³/mol. The van der Waals surface area contributed by atoms with E-state index in [0.29, 0.717) is 49.3 Å². The SMILES string of the molecule is CCOC(=O)C1=C(C)N=c2s/c(=C/c3ccc(OCc4ccc(Cl)cc4)cc3)c(=O)n2[C@@H]1c1ccccc1OC(C)C. The van der Waals surface area contributed by atoms with Gasteiger partial charge in [0.1, 0.15) is 24.1 Å². The van der Waals surface area contributed by atoms with Crippen molar-refractivity contribution in [3.8, 4) is 11.5 Å². The number of hydrogen-bond acceptors (Lipinski definition) is 7. The van der Waals surface area contributed by atoms with Gasteiger partial charge >= 0.3 is 5.97 Å². The minimum atomic E-state index is -0.749. The Morgan fingerprint density at radius 3 is 2.48 bits per heavy atom. The number of nitrogens with zero attached hydrogens (tertiary/aromatic N) is 2. The summed E-state index contributed by atoms with van der Waals surface area (Å²) in [5, 5.41) is 0.681. The molecule has 216 valence electrons. The fraction of sp³-hybridized carbons (Fsp3) is 0.242. The van der Waals surface area contributed by atoms with Crippen LogP contribution in [0.1, 0.15) is 50.4 Å². The lowest BCUT2D eigenvalue weighted by atomic mass is 9.95. The number of halogens is 1. The van der Waals surface area contributed by atoms with E-state index < -0.39 is 12.0 Å². The highest BCUT2D eigenvalue weighted by molar-refractivity contribution is 7.07. The molecule has 2 heterocycles. The number of carbonyl (C=O) groups is 1. The van der Waals surface area contributed by atoms with Crippen molar-refractivity contribution < 1.29 is 19.0 Å². The lowest BCUT2D eigenvalue weighted by molar-refractivity contribution is -0.139. The van der Waals surface area contributed by atoms with Crippen LogP contribution < -0.4 is 24.4 Å². The summed E-state index contributed by atoms with van der Waals surface area (Å²) in [6, 6.07) is 21.7. The second-order valence-corrected chi connectivity index (χ2v) is 11.4. The number of esters is 1. The summed E-state index contributed by atoms with van der Waals surface area (Å²) < 4.78 is 19.5. The number of benzene rings is 3. The monoisotopic (exact) mass is 602 g/mol. The minimum Gasteiger partial charge on any atom is -0.491 e. The van der Waals surface area contributed by atoms with E-state index in [0.717, 1.165) is 11.1 Å². The van der Waals surface area contributed by atoms with Crippen LogP contribution >= 0.6 is 22.9 Å². The Morgan fingerprint density at radius 2 is 1.79 bits per heavy atom. The Bertz CT molecular complexity index is 1800. The molecule has 0 fully saturated rings. The third kappa shape index (κ3) is 6.35. The van der Waals surface area contributed by atoms with Crippen molar-refractivity contribution in [2.45, 2.75) is 46.4 Å². The smallest absolute Gasteiger partial charge is 0.338 e. The third-order valence-electron chi connectivity index (χ3n) is 6.59. The molecule has 1 aliphatic heterocycles. The molecule has 0 saturated carbocycles. The van der Waals surface area contributed by atoms with Crippen molar-refractivity contribution in [1.29, 1.82) is 0 Å². The van der Waals surface area contributed by atoms with Gasteiger partial charge in [0, 0.05) is 10.6 Å². The van der Waals surface area contributed by atoms with Gasteiger partial charge in [0.05, 0.1) is 28.5 Å². The summed E-state index contributed by atoms with van der Waals surface area (Å²) in [5.74, 6) is 0.796. The van der Waals surface area contributed by atoms with Gasteiger partial charge in [-0.25, -0.2) is 9.79 Å². The molecular weight excluding hydrogens is 572 g/mol. The third-order valence-corrected chi connectivity index (χ3v) is 7.82. The lowest BCUT2D eigenvalue weighted by Gasteiger charge is -2.26. The number of aromatic nitrogens is 1. The molecule has 9 heteroatoms. The topological polar surface area (TPSA) is 79.1 Å². The fourth-order valence-corrected chi connectivity index (χ4v) is 5.88. The first-order valence-electron chi connectivity index (χ1n) is 13.7. The van der Waals surface area contributed by atoms with Crippen molar-refractivity contribution in [1.82, 2.24) is 4.57 Å². The molecule has 5 rings (SSSR count). The average Bonchev–Trinajstić information content (AvgIpc) is 3.27. The van der Waals surface area contributed by atoms with Crippen LogP contribution in [0.25, 0.3) is 6.08 Å². The molecule has 4 aromatic rings. The Labute approximate surface area is 253 Å². The van der Waals surface area contributed by atoms with E-state index in [1.54, 1.807) is 18.4 Å². The van der Waals surface area contributed by atoms with Crippen LogP contribution in [-0.4, -0.2) is 23.2 Å². The highest BCUT2D eigenvalue weighted by Gasteiger charge is 2.35. The molecule has 0 unspecified atom stereocenters. The van der Waals surface area contributed by atoms with Crippen molar-refractivity contribution in [2.75, 3.05) is 6.61 Å². The van der Waals surface area contributed by atoms with E-state index >= 15 is 0 Å². The Balaban J connectivity index is 1.52. The van der Waals surface area contributed by atoms with Crippen molar-refractivity contribution in [3.63, 3.8) is 0 Å². The maximum absolute atomic E-state index is 14.0. The summed E-state index contributed by atoms with van der Waals surface area (Å²) in [6.07, 6.45) is 1.72. The standard InChI is InChI=1S/C33H31ClN2O5S/c1-5-39-32(38)29-21(4)35-33-36(30(29)26-8-6-7-9-27(26)41-20(2)3)31(37)28(42-33)18-22-12-16-25(17-13-22)40-19-23-10-14-24(34)15-11-23/h6-18,20,30H,5,19H2,1-4H3/b28-18+/t30-/m1/s1. The van der Waals surface area contributed by atoms with Crippen molar-refractivity contribution >= 4 is 35.0 Å². The van der Waals surface area contributed by atoms with Crippen LogP contribution in [-0.2, 0) is 16.1 Å². The minimum absolute atomic E-state index is 0.101. The first kappa shape index (κ1) is 29.4. The van der Waals surface area contributed by atoms with Gasteiger partial charge in [-0.05, 0) is 75.2 Å². The fourth-order valence-electron chi connectivity index (χ4n) is 4.71. The molecule has 0 bridgehead atoms. The molecule has 0 radical (unpaired) electrons. The lowest BCUT2D eigenvalue weighted by Crippen LogP contribution is -2.40. The van der Waals surface area contributed by atoms with Crippen LogP contribution in [0.2, 0.25) is 5.02 Å². The van der Waals surface area contributed by atoms with Gasteiger partial charge in [0.2, 0.25) is 0 Å². The normalized spacial score (nSPS) is 14.9. The van der Waals surface area contributed by atoms with Crippen LogP contribution in [0.3, 0.4) is 0 Å². The van der Waals surface area contributed by atoms with E-state index in [-0.39, 0.29) is 18.3 Å². The first-order valence-corrected chi connectivity index (χ1v) is 14.9. The Morgan fingerprint density at radius 1 is 1.07 bits per heavy atom. The molecule has 1 aliphatic rings. The van der Waals surface area contributed by atoms with Gasteiger partial charge in [-0.15, -0.1) is 0 Å². The van der Waals surface area contributed by atoms with Crippen molar-refractivity contribution in [3.05, 3.63) is 125 Å².